The molecule has 0 spiro atoms. The van der Waals surface area contributed by atoms with Crippen LogP contribution in [0.1, 0.15) is 25.3 Å². The number of benzene rings is 1. The van der Waals surface area contributed by atoms with Crippen molar-refractivity contribution in [3.05, 3.63) is 29.6 Å². The fourth-order valence-corrected chi connectivity index (χ4v) is 2.95. The smallest absolute Gasteiger partial charge is 0.123 e. The molecule has 2 nitrogen and oxygen atoms in total. The summed E-state index contributed by atoms with van der Waals surface area (Å²) in [5.74, 6) is -0.174. The van der Waals surface area contributed by atoms with Gasteiger partial charge >= 0.3 is 0 Å². The Labute approximate surface area is 116 Å². The Morgan fingerprint density at radius 3 is 3.06 bits per heavy atom. The number of rotatable bonds is 4. The lowest BCUT2D eigenvalue weighted by atomic mass is 10.1. The molecule has 1 aliphatic rings. The summed E-state index contributed by atoms with van der Waals surface area (Å²) in [6, 6.07) is 5.01. The van der Waals surface area contributed by atoms with E-state index in [1.807, 2.05) is 13.0 Å². The van der Waals surface area contributed by atoms with E-state index in [2.05, 4.69) is 20.8 Å². The number of nitrogens with zero attached hydrogens (tertiary/aromatic N) is 1. The van der Waals surface area contributed by atoms with Crippen LogP contribution in [0.15, 0.2) is 18.2 Å². The van der Waals surface area contributed by atoms with Crippen LogP contribution in [-0.4, -0.2) is 25.8 Å². The molecule has 1 heterocycles. The van der Waals surface area contributed by atoms with Gasteiger partial charge in [0.25, 0.3) is 0 Å². The molecule has 1 fully saturated rings. The molecule has 1 aliphatic heterocycles. The molecular weight excluding hydrogens is 297 g/mol. The first-order chi connectivity index (χ1) is 8.74. The van der Waals surface area contributed by atoms with Crippen LogP contribution < -0.4 is 4.90 Å². The van der Waals surface area contributed by atoms with Gasteiger partial charge in [-0.05, 0) is 43.5 Å². The molecular formula is C14H19BrFNO. The van der Waals surface area contributed by atoms with E-state index >= 15 is 0 Å². The Morgan fingerprint density at radius 2 is 2.33 bits per heavy atom. The number of piperidine rings is 1. The second kappa shape index (κ2) is 6.53. The second-order valence-corrected chi connectivity index (χ2v) is 5.13. The highest BCUT2D eigenvalue weighted by atomic mass is 79.9. The minimum absolute atomic E-state index is 0.174. The van der Waals surface area contributed by atoms with E-state index in [0.717, 1.165) is 43.8 Å². The standard InChI is InChI=1S/C14H19BrFNO/c1-2-18-13-4-3-7-17(10-13)14-6-5-12(16)8-11(14)9-15/h5-6,8,13H,2-4,7,9-10H2,1H3. The molecule has 18 heavy (non-hydrogen) atoms. The normalized spacial score (nSPS) is 20.2. The molecule has 0 saturated carbocycles. The number of alkyl halides is 1. The van der Waals surface area contributed by atoms with E-state index in [-0.39, 0.29) is 5.82 Å². The van der Waals surface area contributed by atoms with Crippen LogP contribution in [0.2, 0.25) is 0 Å². The number of anilines is 1. The van der Waals surface area contributed by atoms with Gasteiger partial charge in [0.1, 0.15) is 5.82 Å². The van der Waals surface area contributed by atoms with Crippen molar-refractivity contribution in [1.29, 1.82) is 0 Å². The molecule has 0 amide bonds. The first-order valence-corrected chi connectivity index (χ1v) is 7.57. The van der Waals surface area contributed by atoms with E-state index in [0.29, 0.717) is 11.4 Å². The van der Waals surface area contributed by atoms with Crippen LogP contribution in [0.3, 0.4) is 0 Å². The molecule has 4 heteroatoms. The molecule has 0 radical (unpaired) electrons. The monoisotopic (exact) mass is 315 g/mol. The molecule has 0 N–H and O–H groups in total. The second-order valence-electron chi connectivity index (χ2n) is 4.57. The summed E-state index contributed by atoms with van der Waals surface area (Å²) in [5, 5.41) is 0.676. The van der Waals surface area contributed by atoms with E-state index < -0.39 is 0 Å². The van der Waals surface area contributed by atoms with Gasteiger partial charge in [0.15, 0.2) is 0 Å². The van der Waals surface area contributed by atoms with Gasteiger partial charge in [-0.2, -0.15) is 0 Å². The Balaban J connectivity index is 2.15. The largest absolute Gasteiger partial charge is 0.377 e. The maximum Gasteiger partial charge on any atom is 0.123 e. The Hall–Kier alpha value is -0.610. The molecule has 1 atom stereocenters. The lowest BCUT2D eigenvalue weighted by Crippen LogP contribution is -2.40. The number of halogens is 2. The van der Waals surface area contributed by atoms with E-state index in [9.17, 15) is 4.39 Å². The van der Waals surface area contributed by atoms with Crippen molar-refractivity contribution < 1.29 is 9.13 Å². The van der Waals surface area contributed by atoms with Gasteiger partial charge in [-0.15, -0.1) is 0 Å². The van der Waals surface area contributed by atoms with Gasteiger partial charge in [0, 0.05) is 30.7 Å². The number of ether oxygens (including phenoxy) is 1. The molecule has 0 aromatic heterocycles. The van der Waals surface area contributed by atoms with Crippen molar-refractivity contribution in [1.82, 2.24) is 0 Å². The fraction of sp³-hybridized carbons (Fsp3) is 0.571. The van der Waals surface area contributed by atoms with Crippen molar-refractivity contribution in [2.75, 3.05) is 24.6 Å². The van der Waals surface area contributed by atoms with Crippen LogP contribution in [0, 0.1) is 5.82 Å². The highest BCUT2D eigenvalue weighted by molar-refractivity contribution is 9.08. The summed E-state index contributed by atoms with van der Waals surface area (Å²) in [7, 11) is 0. The summed E-state index contributed by atoms with van der Waals surface area (Å²) in [5.41, 5.74) is 2.13. The van der Waals surface area contributed by atoms with Crippen LogP contribution in [0.25, 0.3) is 0 Å². The number of hydrogen-bond acceptors (Lipinski definition) is 2. The summed E-state index contributed by atoms with van der Waals surface area (Å²) in [6.45, 7) is 4.71. The first kappa shape index (κ1) is 13.8. The van der Waals surface area contributed by atoms with Gasteiger partial charge in [-0.1, -0.05) is 15.9 Å². The van der Waals surface area contributed by atoms with Crippen molar-refractivity contribution >= 4 is 21.6 Å². The fourth-order valence-electron chi connectivity index (χ4n) is 2.50. The lowest BCUT2D eigenvalue weighted by Gasteiger charge is -2.35. The Bertz CT molecular complexity index is 397. The summed E-state index contributed by atoms with van der Waals surface area (Å²) < 4.78 is 18.9. The summed E-state index contributed by atoms with van der Waals surface area (Å²) in [4.78, 5) is 2.31. The minimum Gasteiger partial charge on any atom is -0.377 e. The maximum atomic E-state index is 13.2. The van der Waals surface area contributed by atoms with Gasteiger partial charge < -0.3 is 9.64 Å². The summed E-state index contributed by atoms with van der Waals surface area (Å²) >= 11 is 3.43. The predicted molar refractivity (Wildman–Crippen MR) is 75.9 cm³/mol. The zero-order valence-corrected chi connectivity index (χ0v) is 12.2. The van der Waals surface area contributed by atoms with E-state index in [1.165, 1.54) is 6.07 Å². The highest BCUT2D eigenvalue weighted by Gasteiger charge is 2.21. The third kappa shape index (κ3) is 3.23. The summed E-state index contributed by atoms with van der Waals surface area (Å²) in [6.07, 6.45) is 2.55. The van der Waals surface area contributed by atoms with Gasteiger partial charge in [-0.3, -0.25) is 0 Å². The van der Waals surface area contributed by atoms with Crippen LogP contribution in [0.4, 0.5) is 10.1 Å². The zero-order chi connectivity index (χ0) is 13.0. The Kier molecular flexibility index (Phi) is 5.01. The van der Waals surface area contributed by atoms with E-state index in [4.69, 9.17) is 4.74 Å². The molecule has 2 rings (SSSR count). The van der Waals surface area contributed by atoms with Crippen molar-refractivity contribution in [2.24, 2.45) is 0 Å². The highest BCUT2D eigenvalue weighted by Crippen LogP contribution is 2.27. The third-order valence-electron chi connectivity index (χ3n) is 3.31. The molecule has 100 valence electrons. The van der Waals surface area contributed by atoms with Crippen molar-refractivity contribution in [2.45, 2.75) is 31.2 Å². The minimum atomic E-state index is -0.174. The SMILES string of the molecule is CCOC1CCCN(c2ccc(F)cc2CBr)C1. The van der Waals surface area contributed by atoms with Gasteiger partial charge in [0.05, 0.1) is 6.10 Å². The molecule has 0 aliphatic carbocycles. The van der Waals surface area contributed by atoms with Gasteiger partial charge in [-0.25, -0.2) is 4.39 Å². The van der Waals surface area contributed by atoms with E-state index in [1.54, 1.807) is 6.07 Å². The molecule has 1 aromatic rings. The van der Waals surface area contributed by atoms with Crippen LogP contribution in [-0.2, 0) is 10.1 Å². The molecule has 1 aromatic carbocycles. The van der Waals surface area contributed by atoms with Gasteiger partial charge in [0.2, 0.25) is 0 Å². The van der Waals surface area contributed by atoms with Crippen molar-refractivity contribution in [3.8, 4) is 0 Å². The number of hydrogen-bond donors (Lipinski definition) is 0. The zero-order valence-electron chi connectivity index (χ0n) is 10.7. The first-order valence-electron chi connectivity index (χ1n) is 6.45. The maximum absolute atomic E-state index is 13.2. The average Bonchev–Trinajstić information content (AvgIpc) is 2.39. The molecule has 1 saturated heterocycles. The predicted octanol–water partition coefficient (Wildman–Crippen LogP) is 3.73. The Morgan fingerprint density at radius 1 is 1.50 bits per heavy atom. The molecule has 0 bridgehead atoms. The van der Waals surface area contributed by atoms with Crippen LogP contribution in [0.5, 0.6) is 0 Å². The topological polar surface area (TPSA) is 12.5 Å². The third-order valence-corrected chi connectivity index (χ3v) is 3.91. The lowest BCUT2D eigenvalue weighted by molar-refractivity contribution is 0.0526. The average molecular weight is 316 g/mol. The van der Waals surface area contributed by atoms with Crippen LogP contribution >= 0.6 is 15.9 Å². The molecule has 1 unspecified atom stereocenters. The van der Waals surface area contributed by atoms with Crippen molar-refractivity contribution in [3.63, 3.8) is 0 Å². The quantitative estimate of drug-likeness (QED) is 0.785.